The first-order chi connectivity index (χ1) is 12.1. The maximum Gasteiger partial charge on any atom is 0.290 e. The van der Waals surface area contributed by atoms with Crippen LogP contribution in [0, 0.1) is 16.5 Å². The third-order valence-electron chi connectivity index (χ3n) is 3.64. The zero-order valence-corrected chi connectivity index (χ0v) is 13.5. The summed E-state index contributed by atoms with van der Waals surface area (Å²) in [6, 6.07) is 12.2. The highest BCUT2D eigenvalue weighted by Crippen LogP contribution is 2.15. The molecule has 124 valence electrons. The molecule has 7 nitrogen and oxygen atoms in total. The van der Waals surface area contributed by atoms with Gasteiger partial charge in [0.1, 0.15) is 5.69 Å². The van der Waals surface area contributed by atoms with E-state index in [0.717, 1.165) is 0 Å². The standard InChI is InChI=1S/C18H15N5O2/c1-2-16-18(24)23(21-15-7-5-13(10-19)6-8-15)12-17(20-16)14-4-3-9-22(25)11-14/h3-9,11-12,21H,2H2,1H3. The molecule has 0 unspecified atom stereocenters. The van der Waals surface area contributed by atoms with E-state index in [2.05, 4.69) is 10.4 Å². The van der Waals surface area contributed by atoms with Gasteiger partial charge in [0.2, 0.25) is 0 Å². The minimum atomic E-state index is -0.262. The van der Waals surface area contributed by atoms with Gasteiger partial charge in [0.25, 0.3) is 5.56 Å². The monoisotopic (exact) mass is 333 g/mol. The van der Waals surface area contributed by atoms with Gasteiger partial charge in [-0.15, -0.1) is 0 Å². The number of rotatable bonds is 4. The molecule has 1 N–H and O–H groups in total. The lowest BCUT2D eigenvalue weighted by Gasteiger charge is -2.12. The molecule has 7 heteroatoms. The maximum atomic E-state index is 12.5. The average molecular weight is 333 g/mol. The molecular weight excluding hydrogens is 318 g/mol. The smallest absolute Gasteiger partial charge is 0.290 e. The van der Waals surface area contributed by atoms with Crippen LogP contribution in [0.3, 0.4) is 0 Å². The first-order valence-corrected chi connectivity index (χ1v) is 7.69. The number of anilines is 1. The normalized spacial score (nSPS) is 10.2. The van der Waals surface area contributed by atoms with E-state index in [1.54, 1.807) is 42.6 Å². The molecule has 2 heterocycles. The Bertz CT molecular complexity index is 1000. The third kappa shape index (κ3) is 3.48. The number of nitriles is 1. The third-order valence-corrected chi connectivity index (χ3v) is 3.64. The summed E-state index contributed by atoms with van der Waals surface area (Å²) in [7, 11) is 0. The van der Waals surface area contributed by atoms with Gasteiger partial charge in [-0.05, 0) is 36.8 Å². The van der Waals surface area contributed by atoms with E-state index in [1.165, 1.54) is 17.1 Å². The summed E-state index contributed by atoms with van der Waals surface area (Å²) in [5.74, 6) is 0. The molecule has 2 aromatic heterocycles. The van der Waals surface area contributed by atoms with E-state index in [0.29, 0.717) is 39.4 Å². The number of hydrogen-bond donors (Lipinski definition) is 1. The zero-order chi connectivity index (χ0) is 17.8. The minimum absolute atomic E-state index is 0.262. The first kappa shape index (κ1) is 16.2. The number of benzene rings is 1. The summed E-state index contributed by atoms with van der Waals surface area (Å²) in [5.41, 5.74) is 5.44. The second kappa shape index (κ2) is 6.84. The van der Waals surface area contributed by atoms with Gasteiger partial charge in [-0.25, -0.2) is 9.66 Å². The number of aromatic nitrogens is 3. The van der Waals surface area contributed by atoms with Crippen LogP contribution in [0.1, 0.15) is 18.2 Å². The van der Waals surface area contributed by atoms with Crippen LogP contribution in [-0.2, 0) is 6.42 Å². The number of aryl methyl sites for hydroxylation is 1. The van der Waals surface area contributed by atoms with Crippen molar-refractivity contribution >= 4 is 5.69 Å². The van der Waals surface area contributed by atoms with Gasteiger partial charge in [-0.2, -0.15) is 9.99 Å². The quantitative estimate of drug-likeness (QED) is 0.580. The van der Waals surface area contributed by atoms with Crippen LogP contribution in [0.15, 0.2) is 59.8 Å². The second-order valence-corrected chi connectivity index (χ2v) is 5.36. The minimum Gasteiger partial charge on any atom is -0.619 e. The molecule has 0 aliphatic carbocycles. The Kier molecular flexibility index (Phi) is 4.44. The molecule has 3 aromatic rings. The fraction of sp³-hybridized carbons (Fsp3) is 0.111. The molecule has 1 aromatic carbocycles. The van der Waals surface area contributed by atoms with Gasteiger partial charge in [-0.3, -0.25) is 10.2 Å². The lowest BCUT2D eigenvalue weighted by Crippen LogP contribution is -2.30. The van der Waals surface area contributed by atoms with Crippen molar-refractivity contribution in [3.63, 3.8) is 0 Å². The Labute approximate surface area is 144 Å². The Morgan fingerprint density at radius 2 is 2.08 bits per heavy atom. The van der Waals surface area contributed by atoms with Crippen LogP contribution in [0.2, 0.25) is 0 Å². The molecule has 0 aliphatic heterocycles. The topological polar surface area (TPSA) is 97.7 Å². The lowest BCUT2D eigenvalue weighted by molar-refractivity contribution is -0.604. The van der Waals surface area contributed by atoms with Gasteiger partial charge in [0, 0.05) is 6.07 Å². The predicted octanol–water partition coefficient (Wildman–Crippen LogP) is 1.85. The molecular formula is C18H15N5O2. The van der Waals surface area contributed by atoms with Crippen LogP contribution in [-0.4, -0.2) is 9.66 Å². The van der Waals surface area contributed by atoms with E-state index >= 15 is 0 Å². The highest BCUT2D eigenvalue weighted by atomic mass is 16.5. The number of nitrogens with one attached hydrogen (secondary N) is 1. The molecule has 0 atom stereocenters. The molecule has 25 heavy (non-hydrogen) atoms. The number of pyridine rings is 1. The van der Waals surface area contributed by atoms with Crippen LogP contribution in [0.4, 0.5) is 5.69 Å². The van der Waals surface area contributed by atoms with Gasteiger partial charge in [-0.1, -0.05) is 6.92 Å². The van der Waals surface area contributed by atoms with Gasteiger partial charge >= 0.3 is 0 Å². The number of hydrogen-bond acceptors (Lipinski definition) is 5. The van der Waals surface area contributed by atoms with Crippen molar-refractivity contribution < 1.29 is 4.73 Å². The van der Waals surface area contributed by atoms with Crippen LogP contribution < -0.4 is 15.7 Å². The van der Waals surface area contributed by atoms with Crippen LogP contribution in [0.5, 0.6) is 0 Å². The van der Waals surface area contributed by atoms with Crippen molar-refractivity contribution in [1.29, 1.82) is 5.26 Å². The predicted molar refractivity (Wildman–Crippen MR) is 92.4 cm³/mol. The van der Waals surface area contributed by atoms with E-state index < -0.39 is 0 Å². The van der Waals surface area contributed by atoms with Crippen molar-refractivity contribution in [1.82, 2.24) is 9.66 Å². The van der Waals surface area contributed by atoms with Crippen LogP contribution in [0.25, 0.3) is 11.3 Å². The van der Waals surface area contributed by atoms with Crippen LogP contribution >= 0.6 is 0 Å². The largest absolute Gasteiger partial charge is 0.619 e. The Hall–Kier alpha value is -3.66. The van der Waals surface area contributed by atoms with Crippen molar-refractivity contribution in [2.24, 2.45) is 0 Å². The second-order valence-electron chi connectivity index (χ2n) is 5.36. The summed E-state index contributed by atoms with van der Waals surface area (Å²) in [6.45, 7) is 1.85. The molecule has 0 radical (unpaired) electrons. The summed E-state index contributed by atoms with van der Waals surface area (Å²) >= 11 is 0. The Morgan fingerprint density at radius 1 is 1.32 bits per heavy atom. The van der Waals surface area contributed by atoms with Crippen molar-refractivity contribution in [2.75, 3.05) is 5.43 Å². The molecule has 0 amide bonds. The Balaban J connectivity index is 2.04. The fourth-order valence-corrected chi connectivity index (χ4v) is 2.36. The van der Waals surface area contributed by atoms with Crippen molar-refractivity contribution in [3.05, 3.63) is 81.8 Å². The van der Waals surface area contributed by atoms with E-state index in [9.17, 15) is 10.0 Å². The summed E-state index contributed by atoms with van der Waals surface area (Å²) in [4.78, 5) is 16.9. The SMILES string of the molecule is CCc1nc(-c2ccc[n+]([O-])c2)cn(Nc2ccc(C#N)cc2)c1=O. The van der Waals surface area contributed by atoms with E-state index in [-0.39, 0.29) is 5.56 Å². The molecule has 0 fully saturated rings. The van der Waals surface area contributed by atoms with Crippen molar-refractivity contribution in [2.45, 2.75) is 13.3 Å². The Morgan fingerprint density at radius 3 is 2.72 bits per heavy atom. The highest BCUT2D eigenvalue weighted by molar-refractivity contribution is 5.56. The molecule has 0 bridgehead atoms. The highest BCUT2D eigenvalue weighted by Gasteiger charge is 2.11. The van der Waals surface area contributed by atoms with E-state index in [4.69, 9.17) is 5.26 Å². The van der Waals surface area contributed by atoms with Gasteiger partial charge < -0.3 is 5.21 Å². The summed E-state index contributed by atoms with van der Waals surface area (Å²) in [6.07, 6.45) is 4.80. The molecule has 0 spiro atoms. The molecule has 0 aliphatic rings. The molecule has 3 rings (SSSR count). The summed E-state index contributed by atoms with van der Waals surface area (Å²) < 4.78 is 2.02. The van der Waals surface area contributed by atoms with Gasteiger partial charge in [0.15, 0.2) is 12.4 Å². The molecule has 0 saturated heterocycles. The summed E-state index contributed by atoms with van der Waals surface area (Å²) in [5, 5.41) is 20.4. The zero-order valence-electron chi connectivity index (χ0n) is 13.5. The van der Waals surface area contributed by atoms with Gasteiger partial charge in [0.05, 0.1) is 34.8 Å². The average Bonchev–Trinajstić information content (AvgIpc) is 2.64. The lowest BCUT2D eigenvalue weighted by atomic mass is 10.2. The molecule has 0 saturated carbocycles. The van der Waals surface area contributed by atoms with Crippen molar-refractivity contribution in [3.8, 4) is 17.3 Å². The maximum absolute atomic E-state index is 12.5. The fourth-order valence-electron chi connectivity index (χ4n) is 2.36. The number of nitrogens with zero attached hydrogens (tertiary/aromatic N) is 4. The first-order valence-electron chi connectivity index (χ1n) is 7.69. The van der Waals surface area contributed by atoms with E-state index in [1.807, 2.05) is 13.0 Å².